The summed E-state index contributed by atoms with van der Waals surface area (Å²) in [5.41, 5.74) is 3.03. The van der Waals surface area contributed by atoms with Crippen LogP contribution >= 0.6 is 0 Å². The monoisotopic (exact) mass is 380 g/mol. The summed E-state index contributed by atoms with van der Waals surface area (Å²) in [7, 11) is 0. The van der Waals surface area contributed by atoms with E-state index in [4.69, 9.17) is 9.26 Å². The molecule has 28 heavy (non-hydrogen) atoms. The molecule has 0 saturated heterocycles. The van der Waals surface area contributed by atoms with Crippen molar-refractivity contribution in [2.45, 2.75) is 19.4 Å². The van der Waals surface area contributed by atoms with Crippen LogP contribution in [0.15, 0.2) is 64.1 Å². The number of halogens is 1. The maximum absolute atomic E-state index is 14.7. The molecule has 3 aromatic rings. The van der Waals surface area contributed by atoms with Gasteiger partial charge in [0.1, 0.15) is 30.7 Å². The molecular formula is C21H21FN4O2. The average molecular weight is 380 g/mol. The number of hydrogen-bond donors (Lipinski definition) is 2. The van der Waals surface area contributed by atoms with E-state index >= 15 is 0 Å². The number of benzene rings is 2. The van der Waals surface area contributed by atoms with Gasteiger partial charge in [0, 0.05) is 17.5 Å². The second-order valence-electron chi connectivity index (χ2n) is 6.56. The van der Waals surface area contributed by atoms with Gasteiger partial charge in [-0.15, -0.1) is 0 Å². The summed E-state index contributed by atoms with van der Waals surface area (Å²) in [4.78, 5) is 4.15. The van der Waals surface area contributed by atoms with Crippen LogP contribution in [-0.2, 0) is 11.3 Å². The van der Waals surface area contributed by atoms with E-state index in [-0.39, 0.29) is 11.7 Å². The van der Waals surface area contributed by atoms with E-state index in [0.717, 1.165) is 16.8 Å². The number of nitrogens with one attached hydrogen (secondary N) is 2. The van der Waals surface area contributed by atoms with Crippen molar-refractivity contribution in [1.29, 1.82) is 0 Å². The fraction of sp³-hybridized carbons (Fsp3) is 0.238. The predicted molar refractivity (Wildman–Crippen MR) is 104 cm³/mol. The van der Waals surface area contributed by atoms with E-state index < -0.39 is 0 Å². The van der Waals surface area contributed by atoms with Gasteiger partial charge in [0.25, 0.3) is 0 Å². The summed E-state index contributed by atoms with van der Waals surface area (Å²) >= 11 is 0. The van der Waals surface area contributed by atoms with Gasteiger partial charge < -0.3 is 19.9 Å². The highest BCUT2D eigenvalue weighted by Crippen LogP contribution is 2.29. The lowest BCUT2D eigenvalue weighted by Gasteiger charge is -2.15. The van der Waals surface area contributed by atoms with Crippen LogP contribution in [0.3, 0.4) is 0 Å². The van der Waals surface area contributed by atoms with Crippen molar-refractivity contribution in [3.8, 4) is 11.1 Å². The standard InChI is InChI=1S/C21H21FN4O2/c1-14(16-7-8-18(19(22)9-16)15-5-3-2-4-6-15)20-10-17(26-28-20)11-23-21-24-12-27-13-25-21/h2-10,14H,11-13H2,1H3,(H2,23,24,25). The highest BCUT2D eigenvalue weighted by Gasteiger charge is 2.17. The maximum Gasteiger partial charge on any atom is 0.195 e. The molecule has 144 valence electrons. The van der Waals surface area contributed by atoms with E-state index in [9.17, 15) is 4.39 Å². The van der Waals surface area contributed by atoms with Crippen LogP contribution in [0.25, 0.3) is 11.1 Å². The Balaban J connectivity index is 1.46. The van der Waals surface area contributed by atoms with Crippen molar-refractivity contribution < 1.29 is 13.7 Å². The molecule has 1 aliphatic heterocycles. The lowest BCUT2D eigenvalue weighted by atomic mass is 9.95. The summed E-state index contributed by atoms with van der Waals surface area (Å²) in [6.07, 6.45) is 0. The number of rotatable bonds is 5. The van der Waals surface area contributed by atoms with E-state index in [0.29, 0.717) is 37.3 Å². The molecule has 1 aliphatic rings. The molecule has 6 nitrogen and oxygen atoms in total. The zero-order chi connectivity index (χ0) is 19.3. The first-order valence-corrected chi connectivity index (χ1v) is 9.11. The lowest BCUT2D eigenvalue weighted by molar-refractivity contribution is 0.124. The molecule has 2 N–H and O–H groups in total. The second-order valence-corrected chi connectivity index (χ2v) is 6.56. The predicted octanol–water partition coefficient (Wildman–Crippen LogP) is 3.61. The van der Waals surface area contributed by atoms with Crippen molar-refractivity contribution in [3.63, 3.8) is 0 Å². The van der Waals surface area contributed by atoms with Gasteiger partial charge >= 0.3 is 0 Å². The third-order valence-corrected chi connectivity index (χ3v) is 4.67. The second kappa shape index (κ2) is 8.22. The minimum atomic E-state index is -0.249. The Morgan fingerprint density at radius 3 is 2.79 bits per heavy atom. The van der Waals surface area contributed by atoms with Crippen LogP contribution in [0.4, 0.5) is 4.39 Å². The molecule has 1 unspecified atom stereocenters. The fourth-order valence-corrected chi connectivity index (χ4v) is 3.06. The van der Waals surface area contributed by atoms with Crippen LogP contribution in [0, 0.1) is 5.82 Å². The van der Waals surface area contributed by atoms with Gasteiger partial charge in [0.05, 0.1) is 6.54 Å². The molecule has 2 aromatic carbocycles. The SMILES string of the molecule is CC(c1ccc(-c2ccccc2)c(F)c1)c1cc(CNC2=NCOCN2)no1. The molecule has 0 fully saturated rings. The van der Waals surface area contributed by atoms with Crippen LogP contribution in [0.2, 0.25) is 0 Å². The topological polar surface area (TPSA) is 71.7 Å². The van der Waals surface area contributed by atoms with E-state index in [1.807, 2.05) is 55.5 Å². The van der Waals surface area contributed by atoms with E-state index in [1.54, 1.807) is 6.07 Å². The highest BCUT2D eigenvalue weighted by molar-refractivity contribution is 5.79. The van der Waals surface area contributed by atoms with Crippen molar-refractivity contribution >= 4 is 5.96 Å². The summed E-state index contributed by atoms with van der Waals surface area (Å²) in [6.45, 7) is 3.21. The number of ether oxygens (including phenoxy) is 1. The summed E-state index contributed by atoms with van der Waals surface area (Å²) in [5, 5.41) is 10.2. The first kappa shape index (κ1) is 18.2. The molecule has 0 saturated carbocycles. The van der Waals surface area contributed by atoms with Gasteiger partial charge in [-0.05, 0) is 17.2 Å². The first-order chi connectivity index (χ1) is 13.7. The highest BCUT2D eigenvalue weighted by atomic mass is 19.1. The van der Waals surface area contributed by atoms with Crippen molar-refractivity contribution in [1.82, 2.24) is 15.8 Å². The third-order valence-electron chi connectivity index (χ3n) is 4.67. The largest absolute Gasteiger partial charge is 0.360 e. The number of guanidine groups is 1. The number of aromatic nitrogens is 1. The van der Waals surface area contributed by atoms with Crippen LogP contribution < -0.4 is 10.6 Å². The molecule has 2 heterocycles. The normalized spacial score (nSPS) is 14.9. The van der Waals surface area contributed by atoms with Crippen molar-refractivity contribution in [3.05, 3.63) is 77.4 Å². The van der Waals surface area contributed by atoms with Gasteiger partial charge in [-0.2, -0.15) is 0 Å². The Morgan fingerprint density at radius 1 is 1.18 bits per heavy atom. The zero-order valence-corrected chi connectivity index (χ0v) is 15.5. The van der Waals surface area contributed by atoms with Crippen molar-refractivity contribution in [2.24, 2.45) is 4.99 Å². The molecule has 4 rings (SSSR count). The Bertz CT molecular complexity index is 972. The third kappa shape index (κ3) is 4.04. The molecule has 0 aliphatic carbocycles. The van der Waals surface area contributed by atoms with Gasteiger partial charge in [-0.1, -0.05) is 54.5 Å². The molecule has 0 spiro atoms. The molecule has 1 aromatic heterocycles. The van der Waals surface area contributed by atoms with Gasteiger partial charge in [0.2, 0.25) is 0 Å². The summed E-state index contributed by atoms with van der Waals surface area (Å²) in [5.74, 6) is 0.993. The summed E-state index contributed by atoms with van der Waals surface area (Å²) in [6, 6.07) is 16.7. The quantitative estimate of drug-likeness (QED) is 0.708. The van der Waals surface area contributed by atoms with Gasteiger partial charge in [-0.3, -0.25) is 0 Å². The zero-order valence-electron chi connectivity index (χ0n) is 15.5. The smallest absolute Gasteiger partial charge is 0.195 e. The number of aliphatic imine (C=N–C) groups is 1. The molecule has 0 radical (unpaired) electrons. The molecule has 1 atom stereocenters. The summed E-state index contributed by atoms with van der Waals surface area (Å²) < 4.78 is 25.2. The Morgan fingerprint density at radius 2 is 2.04 bits per heavy atom. The fourth-order valence-electron chi connectivity index (χ4n) is 3.06. The van der Waals surface area contributed by atoms with E-state index in [2.05, 4.69) is 20.8 Å². The Kier molecular flexibility index (Phi) is 5.34. The Hall–Kier alpha value is -3.19. The first-order valence-electron chi connectivity index (χ1n) is 9.11. The van der Waals surface area contributed by atoms with Gasteiger partial charge in [-0.25, -0.2) is 9.38 Å². The van der Waals surface area contributed by atoms with Gasteiger partial charge in [0.15, 0.2) is 5.96 Å². The van der Waals surface area contributed by atoms with Crippen LogP contribution in [-0.4, -0.2) is 24.6 Å². The number of hydrogen-bond acceptors (Lipinski definition) is 6. The molecular weight excluding hydrogens is 359 g/mol. The van der Waals surface area contributed by atoms with Crippen molar-refractivity contribution in [2.75, 3.05) is 13.5 Å². The number of nitrogens with zero attached hydrogens (tertiary/aromatic N) is 2. The lowest BCUT2D eigenvalue weighted by Crippen LogP contribution is -2.41. The minimum absolute atomic E-state index is 0.112. The maximum atomic E-state index is 14.7. The van der Waals surface area contributed by atoms with E-state index in [1.165, 1.54) is 0 Å². The minimum Gasteiger partial charge on any atom is -0.360 e. The molecule has 0 bridgehead atoms. The van der Waals surface area contributed by atoms with Crippen LogP contribution in [0.5, 0.6) is 0 Å². The molecule has 0 amide bonds. The molecule has 7 heteroatoms. The Labute approximate surface area is 162 Å². The van der Waals surface area contributed by atoms with Crippen LogP contribution in [0.1, 0.15) is 29.9 Å². The average Bonchev–Trinajstić information content (AvgIpc) is 3.22.